The molecule has 0 aromatic carbocycles. The minimum Gasteiger partial charge on any atom is -0.428 e. The normalized spacial score (nSPS) is 12.2. The van der Waals surface area contributed by atoms with Crippen molar-refractivity contribution in [3.63, 3.8) is 0 Å². The monoisotopic (exact) mass is 220 g/mol. The Balaban J connectivity index is 3.94. The van der Waals surface area contributed by atoms with E-state index < -0.39 is 0 Å². The molecule has 0 atom stereocenters. The third-order valence-electron chi connectivity index (χ3n) is 2.56. The van der Waals surface area contributed by atoms with Crippen LogP contribution in [0, 0.1) is 0 Å². The van der Waals surface area contributed by atoms with Gasteiger partial charge >= 0.3 is 0 Å². The minimum absolute atomic E-state index is 0.379. The SMILES string of the molecule is CCCCC(CCCO[SiH3])(OC)OC. The van der Waals surface area contributed by atoms with E-state index in [2.05, 4.69) is 6.92 Å². The van der Waals surface area contributed by atoms with Crippen LogP contribution in [0.5, 0.6) is 0 Å². The van der Waals surface area contributed by atoms with Crippen molar-refractivity contribution in [3.8, 4) is 0 Å². The molecule has 0 aromatic rings. The molecule has 0 aliphatic heterocycles. The molecule has 0 N–H and O–H groups in total. The highest BCUT2D eigenvalue weighted by atomic mass is 28.2. The van der Waals surface area contributed by atoms with Crippen molar-refractivity contribution < 1.29 is 13.9 Å². The average Bonchev–Trinajstić information content (AvgIpc) is 2.24. The highest BCUT2D eigenvalue weighted by molar-refractivity contribution is 5.97. The molecule has 0 rings (SSSR count). The first-order valence-corrected chi connectivity index (χ1v) is 6.15. The van der Waals surface area contributed by atoms with E-state index in [1.54, 1.807) is 14.2 Å². The number of methoxy groups -OCH3 is 2. The van der Waals surface area contributed by atoms with Gasteiger partial charge in [-0.1, -0.05) is 13.3 Å². The molecule has 0 radical (unpaired) electrons. The van der Waals surface area contributed by atoms with Crippen LogP contribution >= 0.6 is 0 Å². The van der Waals surface area contributed by atoms with Crippen LogP contribution in [0.3, 0.4) is 0 Å². The molecule has 3 nitrogen and oxygen atoms in total. The summed E-state index contributed by atoms with van der Waals surface area (Å²) in [4.78, 5) is 0. The lowest BCUT2D eigenvalue weighted by molar-refractivity contribution is -0.216. The van der Waals surface area contributed by atoms with Gasteiger partial charge in [-0.15, -0.1) is 0 Å². The summed E-state index contributed by atoms with van der Waals surface area (Å²) in [5, 5.41) is 0. The molecule has 0 bridgehead atoms. The summed E-state index contributed by atoms with van der Waals surface area (Å²) in [7, 11) is 4.26. The van der Waals surface area contributed by atoms with E-state index >= 15 is 0 Å². The minimum atomic E-state index is -0.379. The predicted octanol–water partition coefficient (Wildman–Crippen LogP) is 1.24. The molecule has 0 aliphatic carbocycles. The second-order valence-electron chi connectivity index (χ2n) is 3.52. The zero-order valence-corrected chi connectivity index (χ0v) is 12.0. The number of rotatable bonds is 9. The van der Waals surface area contributed by atoms with Gasteiger partial charge in [0.05, 0.1) is 0 Å². The molecule has 0 fully saturated rings. The molecule has 0 saturated carbocycles. The lowest BCUT2D eigenvalue weighted by Crippen LogP contribution is -2.34. The Hall–Kier alpha value is 0.0969. The van der Waals surface area contributed by atoms with Gasteiger partial charge in [0.1, 0.15) is 10.5 Å². The zero-order valence-electron chi connectivity index (χ0n) is 9.97. The Labute approximate surface area is 90.7 Å². The second-order valence-corrected chi connectivity index (χ2v) is 4.10. The van der Waals surface area contributed by atoms with Gasteiger partial charge in [-0.2, -0.15) is 0 Å². The number of ether oxygens (including phenoxy) is 2. The number of hydrogen-bond donors (Lipinski definition) is 0. The Bertz CT molecular complexity index is 127. The molecule has 0 aromatic heterocycles. The molecule has 14 heavy (non-hydrogen) atoms. The fraction of sp³-hybridized carbons (Fsp3) is 1.00. The second kappa shape index (κ2) is 8.41. The Kier molecular flexibility index (Phi) is 8.47. The first-order chi connectivity index (χ1) is 6.74. The molecule has 0 spiro atoms. The third kappa shape index (κ3) is 5.10. The van der Waals surface area contributed by atoms with Crippen LogP contribution in [0.25, 0.3) is 0 Å². The van der Waals surface area contributed by atoms with Crippen molar-refractivity contribution in [3.05, 3.63) is 0 Å². The van der Waals surface area contributed by atoms with E-state index in [0.29, 0.717) is 0 Å². The summed E-state index contributed by atoms with van der Waals surface area (Å²) < 4.78 is 16.1. The Morgan fingerprint density at radius 1 is 1.07 bits per heavy atom. The summed E-state index contributed by atoms with van der Waals surface area (Å²) in [6.45, 7) is 3.00. The van der Waals surface area contributed by atoms with Crippen LogP contribution in [0.2, 0.25) is 0 Å². The average molecular weight is 220 g/mol. The van der Waals surface area contributed by atoms with Gasteiger partial charge in [0.2, 0.25) is 0 Å². The topological polar surface area (TPSA) is 27.7 Å². The van der Waals surface area contributed by atoms with Crippen LogP contribution in [0.1, 0.15) is 39.0 Å². The van der Waals surface area contributed by atoms with Gasteiger partial charge in [-0.25, -0.2) is 0 Å². The quantitative estimate of drug-likeness (QED) is 0.332. The molecule has 4 heteroatoms. The summed E-state index contributed by atoms with van der Waals surface area (Å²) in [5.74, 6) is -0.379. The standard InChI is InChI=1S/C10H24O3Si/c1-4-5-7-10(11-2,12-3)8-6-9-13-14/h4-9H2,1-3,14H3. The Morgan fingerprint density at radius 2 is 1.64 bits per heavy atom. The number of hydrogen-bond acceptors (Lipinski definition) is 3. The van der Waals surface area contributed by atoms with Crippen molar-refractivity contribution in [1.29, 1.82) is 0 Å². The molecule has 0 amide bonds. The maximum atomic E-state index is 5.47. The molecule has 0 unspecified atom stereocenters. The molecular weight excluding hydrogens is 196 g/mol. The van der Waals surface area contributed by atoms with Crippen LogP contribution in [-0.2, 0) is 13.9 Å². The maximum Gasteiger partial charge on any atom is 0.167 e. The summed E-state index contributed by atoms with van der Waals surface area (Å²) in [6.07, 6.45) is 5.21. The van der Waals surface area contributed by atoms with Gasteiger partial charge in [0.25, 0.3) is 0 Å². The molecule has 0 heterocycles. The van der Waals surface area contributed by atoms with Crippen LogP contribution in [0.4, 0.5) is 0 Å². The zero-order chi connectivity index (χ0) is 10.9. The van der Waals surface area contributed by atoms with Crippen molar-refractivity contribution >= 4 is 10.5 Å². The van der Waals surface area contributed by atoms with Crippen molar-refractivity contribution in [2.24, 2.45) is 0 Å². The lowest BCUT2D eigenvalue weighted by atomic mass is 10.0. The highest BCUT2D eigenvalue weighted by Gasteiger charge is 2.27. The smallest absolute Gasteiger partial charge is 0.167 e. The largest absolute Gasteiger partial charge is 0.428 e. The van der Waals surface area contributed by atoms with Crippen molar-refractivity contribution in [2.75, 3.05) is 20.8 Å². The molecule has 0 aliphatic rings. The maximum absolute atomic E-state index is 5.47. The lowest BCUT2D eigenvalue weighted by Gasteiger charge is -2.31. The van der Waals surface area contributed by atoms with E-state index in [9.17, 15) is 0 Å². The fourth-order valence-electron chi connectivity index (χ4n) is 1.55. The van der Waals surface area contributed by atoms with Gasteiger partial charge in [-0.05, 0) is 12.8 Å². The van der Waals surface area contributed by atoms with Crippen LogP contribution in [-0.4, -0.2) is 37.1 Å². The fourth-order valence-corrected chi connectivity index (χ4v) is 1.84. The van der Waals surface area contributed by atoms with E-state index in [4.69, 9.17) is 13.9 Å². The first kappa shape index (κ1) is 14.1. The first-order valence-electron chi connectivity index (χ1n) is 5.34. The Morgan fingerprint density at radius 3 is 2.07 bits per heavy atom. The molecule has 86 valence electrons. The molecule has 0 saturated heterocycles. The van der Waals surface area contributed by atoms with Gasteiger partial charge < -0.3 is 13.9 Å². The number of unbranched alkanes of at least 4 members (excludes halogenated alkanes) is 1. The van der Waals surface area contributed by atoms with E-state index in [0.717, 1.165) is 42.8 Å². The van der Waals surface area contributed by atoms with Gasteiger partial charge in [0, 0.05) is 33.7 Å². The van der Waals surface area contributed by atoms with Crippen LogP contribution < -0.4 is 0 Å². The summed E-state index contributed by atoms with van der Waals surface area (Å²) >= 11 is 0. The van der Waals surface area contributed by atoms with E-state index in [1.165, 1.54) is 6.42 Å². The van der Waals surface area contributed by atoms with Crippen molar-refractivity contribution in [2.45, 2.75) is 44.8 Å². The van der Waals surface area contributed by atoms with E-state index in [1.807, 2.05) is 0 Å². The van der Waals surface area contributed by atoms with Gasteiger partial charge in [-0.3, -0.25) is 0 Å². The van der Waals surface area contributed by atoms with E-state index in [-0.39, 0.29) is 5.79 Å². The van der Waals surface area contributed by atoms with Crippen molar-refractivity contribution in [1.82, 2.24) is 0 Å². The highest BCUT2D eigenvalue weighted by Crippen LogP contribution is 2.25. The van der Waals surface area contributed by atoms with Gasteiger partial charge in [0.15, 0.2) is 5.79 Å². The van der Waals surface area contributed by atoms with Crippen LogP contribution in [0.15, 0.2) is 0 Å². The summed E-state index contributed by atoms with van der Waals surface area (Å²) in [5.41, 5.74) is 0. The predicted molar refractivity (Wildman–Crippen MR) is 61.4 cm³/mol. The summed E-state index contributed by atoms with van der Waals surface area (Å²) in [6, 6.07) is 0. The molecular formula is C10H24O3Si. The third-order valence-corrected chi connectivity index (χ3v) is 2.97.